The van der Waals surface area contributed by atoms with Gasteiger partial charge in [-0.25, -0.2) is 4.98 Å². The Hall–Kier alpha value is -5.07. The van der Waals surface area contributed by atoms with Crippen molar-refractivity contribution in [3.8, 4) is 16.9 Å². The first-order valence-electron chi connectivity index (χ1n) is 16.4. The van der Waals surface area contributed by atoms with Gasteiger partial charge >= 0.3 is 0 Å². The normalized spacial score (nSPS) is 18.1. The topological polar surface area (TPSA) is 125 Å². The fraction of sp³-hybridized carbons (Fsp3) is 0.297. The summed E-state index contributed by atoms with van der Waals surface area (Å²) in [6.07, 6.45) is 2.48. The number of anilines is 3. The first-order valence-corrected chi connectivity index (χ1v) is 17.2. The van der Waals surface area contributed by atoms with E-state index in [2.05, 4.69) is 69.5 Å². The molecule has 3 aliphatic heterocycles. The monoisotopic (exact) mass is 678 g/mol. The molecule has 3 N–H and O–H groups in total. The summed E-state index contributed by atoms with van der Waals surface area (Å²) in [6, 6.07) is 23.8. The van der Waals surface area contributed by atoms with Gasteiger partial charge in [0, 0.05) is 67.2 Å². The van der Waals surface area contributed by atoms with Gasteiger partial charge in [-0.1, -0.05) is 36.0 Å². The Labute approximate surface area is 289 Å². The fourth-order valence-corrected chi connectivity index (χ4v) is 7.38. The van der Waals surface area contributed by atoms with Crippen molar-refractivity contribution in [2.75, 3.05) is 56.0 Å². The highest BCUT2D eigenvalue weighted by molar-refractivity contribution is 8.00. The van der Waals surface area contributed by atoms with Gasteiger partial charge < -0.3 is 29.9 Å². The third kappa shape index (κ3) is 7.20. The molecule has 4 aromatic rings. The van der Waals surface area contributed by atoms with E-state index in [1.165, 1.54) is 15.4 Å². The number of nitrogens with one attached hydrogen (secondary N) is 3. The van der Waals surface area contributed by atoms with Gasteiger partial charge in [0.05, 0.1) is 13.2 Å². The van der Waals surface area contributed by atoms with Crippen molar-refractivity contribution < 1.29 is 23.9 Å². The third-order valence-electron chi connectivity index (χ3n) is 8.83. The number of rotatable bonds is 12. The maximum absolute atomic E-state index is 12.9. The number of ether oxygens (including phenoxy) is 2. The predicted octanol–water partition coefficient (Wildman–Crippen LogP) is 5.30. The van der Waals surface area contributed by atoms with Crippen LogP contribution in [0.25, 0.3) is 11.1 Å². The average molecular weight is 679 g/mol. The van der Waals surface area contributed by atoms with Crippen molar-refractivity contribution in [1.29, 1.82) is 0 Å². The number of pyridine rings is 1. The second-order valence-electron chi connectivity index (χ2n) is 12.4. The number of thioether (sulfide) groups is 1. The molecule has 2 atom stereocenters. The van der Waals surface area contributed by atoms with E-state index in [1.807, 2.05) is 37.3 Å². The van der Waals surface area contributed by atoms with Crippen LogP contribution in [-0.4, -0.2) is 74.1 Å². The minimum atomic E-state index is -0.632. The Morgan fingerprint density at radius 3 is 2.57 bits per heavy atom. The second-order valence-corrected chi connectivity index (χ2v) is 13.5. The lowest BCUT2D eigenvalue weighted by molar-refractivity contribution is -0.136. The molecule has 1 saturated heterocycles. The van der Waals surface area contributed by atoms with Gasteiger partial charge in [-0.15, -0.1) is 0 Å². The molecule has 49 heavy (non-hydrogen) atoms. The minimum Gasteiger partial charge on any atom is -0.491 e. The quantitative estimate of drug-likeness (QED) is 0.134. The number of piperidine rings is 1. The van der Waals surface area contributed by atoms with Gasteiger partial charge in [-0.2, -0.15) is 0 Å². The molecule has 3 amide bonds. The van der Waals surface area contributed by atoms with Crippen molar-refractivity contribution in [2.24, 2.45) is 0 Å². The van der Waals surface area contributed by atoms with Crippen LogP contribution < -0.4 is 25.6 Å². The number of benzene rings is 3. The average Bonchev–Trinajstić information content (AvgIpc) is 3.68. The number of fused-ring (bicyclic) bond motifs is 2. The summed E-state index contributed by atoms with van der Waals surface area (Å²) < 4.78 is 11.7. The largest absolute Gasteiger partial charge is 0.491 e. The molecule has 12 heteroatoms. The number of hydrogen-bond donors (Lipinski definition) is 3. The molecule has 0 aliphatic carbocycles. The van der Waals surface area contributed by atoms with E-state index in [4.69, 9.17) is 9.47 Å². The van der Waals surface area contributed by atoms with Crippen LogP contribution in [0.3, 0.4) is 0 Å². The van der Waals surface area contributed by atoms with E-state index in [9.17, 15) is 14.4 Å². The SMILES string of the molecule is CN(C)c1ccc(-c2ccc(C3Nc4ccc(NCCOCCOc5ccc6c(c5)CN(C5CCC(=O)NC5=O)C6=O)cc4S3)cc2)cn1. The van der Waals surface area contributed by atoms with E-state index < -0.39 is 11.9 Å². The van der Waals surface area contributed by atoms with Crippen LogP contribution in [0.5, 0.6) is 5.75 Å². The molecule has 4 heterocycles. The molecule has 7 rings (SSSR count). The predicted molar refractivity (Wildman–Crippen MR) is 190 cm³/mol. The molecular weight excluding hydrogens is 641 g/mol. The Balaban J connectivity index is 0.825. The van der Waals surface area contributed by atoms with Crippen molar-refractivity contribution in [3.05, 3.63) is 95.7 Å². The summed E-state index contributed by atoms with van der Waals surface area (Å²) in [5.74, 6) is 0.667. The lowest BCUT2D eigenvalue weighted by atomic mass is 10.0. The van der Waals surface area contributed by atoms with Crippen LogP contribution in [0.4, 0.5) is 17.2 Å². The molecule has 1 aromatic heterocycles. The van der Waals surface area contributed by atoms with Crippen molar-refractivity contribution in [3.63, 3.8) is 0 Å². The molecule has 252 valence electrons. The van der Waals surface area contributed by atoms with E-state index in [0.717, 1.165) is 33.9 Å². The van der Waals surface area contributed by atoms with E-state index >= 15 is 0 Å². The number of aromatic nitrogens is 1. The highest BCUT2D eigenvalue weighted by Gasteiger charge is 2.39. The lowest BCUT2D eigenvalue weighted by Gasteiger charge is -2.29. The molecule has 1 fully saturated rings. The van der Waals surface area contributed by atoms with Gasteiger partial charge in [-0.3, -0.25) is 19.7 Å². The number of hydrogen-bond acceptors (Lipinski definition) is 10. The van der Waals surface area contributed by atoms with Crippen LogP contribution >= 0.6 is 11.8 Å². The van der Waals surface area contributed by atoms with Gasteiger partial charge in [0.1, 0.15) is 29.6 Å². The number of carbonyl (C=O) groups is 3. The van der Waals surface area contributed by atoms with Crippen molar-refractivity contribution >= 4 is 46.7 Å². The Morgan fingerprint density at radius 1 is 0.959 bits per heavy atom. The molecule has 3 aromatic carbocycles. The summed E-state index contributed by atoms with van der Waals surface area (Å²) in [5, 5.41) is 9.55. The zero-order valence-corrected chi connectivity index (χ0v) is 28.2. The van der Waals surface area contributed by atoms with Crippen LogP contribution in [0, 0.1) is 0 Å². The van der Waals surface area contributed by atoms with Crippen LogP contribution in [0.1, 0.15) is 39.7 Å². The maximum Gasteiger partial charge on any atom is 0.255 e. The molecular formula is C37H38N6O5S. The van der Waals surface area contributed by atoms with Crippen LogP contribution in [0.15, 0.2) is 83.9 Å². The Kier molecular flexibility index (Phi) is 9.41. The molecule has 0 radical (unpaired) electrons. The first kappa shape index (κ1) is 32.5. The zero-order valence-electron chi connectivity index (χ0n) is 27.4. The van der Waals surface area contributed by atoms with Gasteiger partial charge in [0.25, 0.3) is 5.91 Å². The fourth-order valence-electron chi connectivity index (χ4n) is 6.20. The molecule has 11 nitrogen and oxygen atoms in total. The minimum absolute atomic E-state index is 0.146. The van der Waals surface area contributed by atoms with E-state index in [-0.39, 0.29) is 23.6 Å². The van der Waals surface area contributed by atoms with Crippen LogP contribution in [-0.2, 0) is 20.9 Å². The van der Waals surface area contributed by atoms with Gasteiger partial charge in [-0.05, 0) is 71.6 Å². The van der Waals surface area contributed by atoms with Gasteiger partial charge in [0.15, 0.2) is 0 Å². The Bertz CT molecular complexity index is 1870. The summed E-state index contributed by atoms with van der Waals surface area (Å²) in [5.41, 5.74) is 6.99. The number of carbonyl (C=O) groups excluding carboxylic acids is 3. The summed E-state index contributed by atoms with van der Waals surface area (Å²) in [6.45, 7) is 2.28. The van der Waals surface area contributed by atoms with Gasteiger partial charge in [0.2, 0.25) is 11.8 Å². The maximum atomic E-state index is 12.9. The number of nitrogens with zero attached hydrogens (tertiary/aromatic N) is 3. The number of imide groups is 1. The third-order valence-corrected chi connectivity index (χ3v) is 10.1. The van der Waals surface area contributed by atoms with Crippen molar-refractivity contribution in [1.82, 2.24) is 15.2 Å². The highest BCUT2D eigenvalue weighted by atomic mass is 32.2. The van der Waals surface area contributed by atoms with E-state index in [1.54, 1.807) is 23.9 Å². The smallest absolute Gasteiger partial charge is 0.255 e. The summed E-state index contributed by atoms with van der Waals surface area (Å²) >= 11 is 1.81. The number of amides is 3. The molecule has 3 aliphatic rings. The standard InChI is InChI=1S/C37H38N6O5S/c1-42(2)33-13-7-25(21-39-33)23-3-5-24(6-4-23)36-40-30-11-8-27(20-32(30)49-36)38-15-16-47-17-18-48-28-9-10-29-26(19-28)22-43(37(29)46)31-12-14-34(44)41-35(31)45/h3-11,13,19-21,31,36,38,40H,12,14-18,22H2,1-2H3,(H,41,44,45). The lowest BCUT2D eigenvalue weighted by Crippen LogP contribution is -2.52. The molecule has 2 unspecified atom stereocenters. The first-order chi connectivity index (χ1) is 23.8. The van der Waals surface area contributed by atoms with Crippen LogP contribution in [0.2, 0.25) is 0 Å². The summed E-state index contributed by atoms with van der Waals surface area (Å²) in [7, 11) is 3.97. The second kappa shape index (κ2) is 14.2. The Morgan fingerprint density at radius 2 is 1.80 bits per heavy atom. The molecule has 0 spiro atoms. The van der Waals surface area contributed by atoms with E-state index in [0.29, 0.717) is 50.6 Å². The summed E-state index contributed by atoms with van der Waals surface area (Å²) in [4.78, 5) is 45.9. The molecule has 0 saturated carbocycles. The van der Waals surface area contributed by atoms with Crippen molar-refractivity contribution in [2.45, 2.75) is 35.7 Å². The zero-order chi connectivity index (χ0) is 33.9. The molecule has 0 bridgehead atoms. The highest BCUT2D eigenvalue weighted by Crippen LogP contribution is 2.47.